The standard InChI is InChI=1S/C20H21N3O3/c1-4-17-19(21-20(24)14-6-5-7-16(12-14)26-3)18(23-22-17)13-8-10-15(25-2)11-9-13/h5-12H,4H2,1-3H3,(H,21,24)(H,22,23). The van der Waals surface area contributed by atoms with E-state index in [4.69, 9.17) is 9.47 Å². The van der Waals surface area contributed by atoms with Crippen LogP contribution in [0.15, 0.2) is 48.5 Å². The van der Waals surface area contributed by atoms with E-state index in [1.807, 2.05) is 31.2 Å². The van der Waals surface area contributed by atoms with Crippen molar-refractivity contribution in [2.45, 2.75) is 13.3 Å². The second-order valence-corrected chi connectivity index (χ2v) is 5.69. The zero-order valence-corrected chi connectivity index (χ0v) is 15.0. The molecular formula is C20H21N3O3. The summed E-state index contributed by atoms with van der Waals surface area (Å²) in [6.45, 7) is 2.01. The summed E-state index contributed by atoms with van der Waals surface area (Å²) in [5.74, 6) is 1.19. The molecule has 0 aliphatic heterocycles. The van der Waals surface area contributed by atoms with Crippen molar-refractivity contribution in [2.24, 2.45) is 0 Å². The number of anilines is 1. The lowest BCUT2D eigenvalue weighted by Crippen LogP contribution is -2.13. The molecule has 0 saturated heterocycles. The van der Waals surface area contributed by atoms with Gasteiger partial charge in [-0.3, -0.25) is 9.89 Å². The van der Waals surface area contributed by atoms with Gasteiger partial charge in [-0.05, 0) is 48.9 Å². The molecule has 0 saturated carbocycles. The van der Waals surface area contributed by atoms with E-state index in [0.29, 0.717) is 22.7 Å². The van der Waals surface area contributed by atoms with Gasteiger partial charge in [0.05, 0.1) is 25.6 Å². The van der Waals surface area contributed by atoms with Crippen LogP contribution < -0.4 is 14.8 Å². The van der Waals surface area contributed by atoms with Gasteiger partial charge in [0.25, 0.3) is 5.91 Å². The Morgan fingerprint density at radius 3 is 2.46 bits per heavy atom. The van der Waals surface area contributed by atoms with E-state index in [0.717, 1.165) is 23.4 Å². The Hall–Kier alpha value is -3.28. The molecule has 0 unspecified atom stereocenters. The van der Waals surface area contributed by atoms with Gasteiger partial charge in [-0.1, -0.05) is 13.0 Å². The van der Waals surface area contributed by atoms with Crippen LogP contribution in [-0.2, 0) is 6.42 Å². The Kier molecular flexibility index (Phi) is 5.22. The average molecular weight is 351 g/mol. The van der Waals surface area contributed by atoms with Crippen LogP contribution >= 0.6 is 0 Å². The van der Waals surface area contributed by atoms with Crippen molar-refractivity contribution in [2.75, 3.05) is 19.5 Å². The molecule has 0 aliphatic carbocycles. The van der Waals surface area contributed by atoms with Crippen LogP contribution in [0.4, 0.5) is 5.69 Å². The third-order valence-corrected chi connectivity index (χ3v) is 4.13. The molecule has 0 fully saturated rings. The number of methoxy groups -OCH3 is 2. The van der Waals surface area contributed by atoms with Crippen molar-refractivity contribution < 1.29 is 14.3 Å². The highest BCUT2D eigenvalue weighted by Gasteiger charge is 2.17. The second kappa shape index (κ2) is 7.74. The van der Waals surface area contributed by atoms with Crippen molar-refractivity contribution in [3.63, 3.8) is 0 Å². The average Bonchev–Trinajstić information content (AvgIpc) is 3.10. The minimum absolute atomic E-state index is 0.213. The van der Waals surface area contributed by atoms with Gasteiger partial charge in [-0.15, -0.1) is 0 Å². The number of ether oxygens (including phenoxy) is 2. The molecule has 0 bridgehead atoms. The van der Waals surface area contributed by atoms with E-state index in [2.05, 4.69) is 15.5 Å². The lowest BCUT2D eigenvalue weighted by Gasteiger charge is -2.09. The number of benzene rings is 2. The molecule has 1 amide bonds. The smallest absolute Gasteiger partial charge is 0.255 e. The molecule has 6 heteroatoms. The van der Waals surface area contributed by atoms with Crippen molar-refractivity contribution in [1.82, 2.24) is 10.2 Å². The third-order valence-electron chi connectivity index (χ3n) is 4.13. The zero-order chi connectivity index (χ0) is 18.5. The minimum atomic E-state index is -0.213. The predicted octanol–water partition coefficient (Wildman–Crippen LogP) is 3.91. The molecule has 0 radical (unpaired) electrons. The fourth-order valence-corrected chi connectivity index (χ4v) is 2.68. The molecule has 3 rings (SSSR count). The SMILES string of the molecule is CCc1[nH]nc(-c2ccc(OC)cc2)c1NC(=O)c1cccc(OC)c1. The molecule has 1 aromatic heterocycles. The highest BCUT2D eigenvalue weighted by Crippen LogP contribution is 2.31. The van der Waals surface area contributed by atoms with Gasteiger partial charge in [0.2, 0.25) is 0 Å². The Balaban J connectivity index is 1.93. The van der Waals surface area contributed by atoms with E-state index >= 15 is 0 Å². The molecule has 0 spiro atoms. The Morgan fingerprint density at radius 2 is 1.81 bits per heavy atom. The van der Waals surface area contributed by atoms with Crippen LogP contribution in [0.5, 0.6) is 11.5 Å². The molecule has 134 valence electrons. The first-order valence-electron chi connectivity index (χ1n) is 8.33. The van der Waals surface area contributed by atoms with Gasteiger partial charge in [-0.25, -0.2) is 0 Å². The molecule has 26 heavy (non-hydrogen) atoms. The van der Waals surface area contributed by atoms with Gasteiger partial charge in [-0.2, -0.15) is 5.10 Å². The molecule has 3 aromatic rings. The number of aromatic nitrogens is 2. The maximum atomic E-state index is 12.7. The number of aryl methyl sites for hydroxylation is 1. The quantitative estimate of drug-likeness (QED) is 0.706. The first kappa shape index (κ1) is 17.5. The summed E-state index contributed by atoms with van der Waals surface area (Å²) in [6, 6.07) is 14.6. The normalized spacial score (nSPS) is 10.4. The lowest BCUT2D eigenvalue weighted by atomic mass is 10.1. The number of rotatable bonds is 6. The van der Waals surface area contributed by atoms with E-state index in [-0.39, 0.29) is 5.91 Å². The summed E-state index contributed by atoms with van der Waals surface area (Å²) >= 11 is 0. The molecule has 2 aromatic carbocycles. The van der Waals surface area contributed by atoms with E-state index in [9.17, 15) is 4.79 Å². The topological polar surface area (TPSA) is 76.2 Å². The summed E-state index contributed by atoms with van der Waals surface area (Å²) in [7, 11) is 3.20. The molecule has 0 aliphatic rings. The van der Waals surface area contributed by atoms with Gasteiger partial charge >= 0.3 is 0 Å². The number of hydrogen-bond acceptors (Lipinski definition) is 4. The van der Waals surface area contributed by atoms with Gasteiger partial charge in [0, 0.05) is 11.1 Å². The van der Waals surface area contributed by atoms with Gasteiger partial charge in [0.15, 0.2) is 0 Å². The van der Waals surface area contributed by atoms with Crippen molar-refractivity contribution in [1.29, 1.82) is 0 Å². The fourth-order valence-electron chi connectivity index (χ4n) is 2.68. The summed E-state index contributed by atoms with van der Waals surface area (Å²) < 4.78 is 10.4. The molecule has 2 N–H and O–H groups in total. The molecule has 0 atom stereocenters. The number of hydrogen-bond donors (Lipinski definition) is 2. The first-order chi connectivity index (χ1) is 12.7. The largest absolute Gasteiger partial charge is 0.497 e. The maximum absolute atomic E-state index is 12.7. The van der Waals surface area contributed by atoms with E-state index in [1.165, 1.54) is 0 Å². The molecular weight excluding hydrogens is 330 g/mol. The molecule has 6 nitrogen and oxygen atoms in total. The van der Waals surface area contributed by atoms with Crippen LogP contribution in [0.25, 0.3) is 11.3 Å². The maximum Gasteiger partial charge on any atom is 0.255 e. The Labute approximate surface area is 152 Å². The fraction of sp³-hybridized carbons (Fsp3) is 0.200. The third kappa shape index (κ3) is 3.54. The summed E-state index contributed by atoms with van der Waals surface area (Å²) in [4.78, 5) is 12.7. The van der Waals surface area contributed by atoms with Crippen molar-refractivity contribution in [3.8, 4) is 22.8 Å². The Bertz CT molecular complexity index is 901. The number of H-pyrrole nitrogens is 1. The van der Waals surface area contributed by atoms with E-state index < -0.39 is 0 Å². The van der Waals surface area contributed by atoms with Gasteiger partial charge in [0.1, 0.15) is 17.2 Å². The van der Waals surface area contributed by atoms with E-state index in [1.54, 1.807) is 38.5 Å². The molecule has 1 heterocycles. The zero-order valence-electron chi connectivity index (χ0n) is 15.0. The highest BCUT2D eigenvalue weighted by molar-refractivity contribution is 6.06. The van der Waals surface area contributed by atoms with Crippen LogP contribution in [-0.4, -0.2) is 30.3 Å². The van der Waals surface area contributed by atoms with Crippen molar-refractivity contribution in [3.05, 3.63) is 59.8 Å². The van der Waals surface area contributed by atoms with Crippen LogP contribution in [0, 0.1) is 0 Å². The monoisotopic (exact) mass is 351 g/mol. The number of aromatic amines is 1. The summed E-state index contributed by atoms with van der Waals surface area (Å²) in [6.07, 6.45) is 0.719. The van der Waals surface area contributed by atoms with Crippen LogP contribution in [0.2, 0.25) is 0 Å². The number of amides is 1. The second-order valence-electron chi connectivity index (χ2n) is 5.69. The minimum Gasteiger partial charge on any atom is -0.497 e. The first-order valence-corrected chi connectivity index (χ1v) is 8.33. The Morgan fingerprint density at radius 1 is 1.08 bits per heavy atom. The number of carbonyl (C=O) groups is 1. The highest BCUT2D eigenvalue weighted by atomic mass is 16.5. The lowest BCUT2D eigenvalue weighted by molar-refractivity contribution is 0.102. The number of carbonyl (C=O) groups excluding carboxylic acids is 1. The van der Waals surface area contributed by atoms with Crippen molar-refractivity contribution >= 4 is 11.6 Å². The summed E-state index contributed by atoms with van der Waals surface area (Å²) in [5, 5.41) is 10.4. The predicted molar refractivity (Wildman–Crippen MR) is 101 cm³/mol. The van der Waals surface area contributed by atoms with Crippen LogP contribution in [0.3, 0.4) is 0 Å². The number of nitrogens with zero attached hydrogens (tertiary/aromatic N) is 1. The van der Waals surface area contributed by atoms with Crippen LogP contribution in [0.1, 0.15) is 23.0 Å². The number of nitrogens with one attached hydrogen (secondary N) is 2. The summed E-state index contributed by atoms with van der Waals surface area (Å²) in [5.41, 5.74) is 3.66. The van der Waals surface area contributed by atoms with Gasteiger partial charge < -0.3 is 14.8 Å².